The largest absolute Gasteiger partial charge is 0.390 e. The maximum atomic E-state index is 8.93. The highest BCUT2D eigenvalue weighted by Gasteiger charge is 2.14. The van der Waals surface area contributed by atoms with Crippen molar-refractivity contribution in [1.29, 1.82) is 0 Å². The Hall–Kier alpha value is -1.20. The zero-order chi connectivity index (χ0) is 12.8. The van der Waals surface area contributed by atoms with Gasteiger partial charge in [-0.25, -0.2) is 4.98 Å². The lowest BCUT2D eigenvalue weighted by molar-refractivity contribution is 0.276. The average molecular weight is 238 g/mol. The summed E-state index contributed by atoms with van der Waals surface area (Å²) in [6.07, 6.45) is 3.35. The molecule has 0 bridgehead atoms. The fourth-order valence-electron chi connectivity index (χ4n) is 1.90. The molecule has 1 N–H and O–H groups in total. The first-order chi connectivity index (χ1) is 8.08. The van der Waals surface area contributed by atoms with E-state index in [1.54, 1.807) is 12.4 Å². The third-order valence-electron chi connectivity index (χ3n) is 2.65. The highest BCUT2D eigenvalue weighted by Crippen LogP contribution is 2.13. The van der Waals surface area contributed by atoms with Crippen molar-refractivity contribution in [3.05, 3.63) is 18.1 Å². The second kappa shape index (κ2) is 6.51. The SMILES string of the molecule is CCN(c1cnc(CO)cn1)C(C)CN(C)C. The van der Waals surface area contributed by atoms with E-state index in [4.69, 9.17) is 5.11 Å². The van der Waals surface area contributed by atoms with Crippen molar-refractivity contribution in [3.63, 3.8) is 0 Å². The van der Waals surface area contributed by atoms with Gasteiger partial charge >= 0.3 is 0 Å². The van der Waals surface area contributed by atoms with Crippen LogP contribution in [-0.4, -0.2) is 53.2 Å². The van der Waals surface area contributed by atoms with Crippen molar-refractivity contribution in [3.8, 4) is 0 Å². The summed E-state index contributed by atoms with van der Waals surface area (Å²) in [6.45, 7) is 6.07. The molecule has 0 aliphatic carbocycles. The van der Waals surface area contributed by atoms with E-state index < -0.39 is 0 Å². The first-order valence-electron chi connectivity index (χ1n) is 5.91. The molecular formula is C12H22N4O. The number of aliphatic hydroxyl groups excluding tert-OH is 1. The van der Waals surface area contributed by atoms with Crippen molar-refractivity contribution in [1.82, 2.24) is 14.9 Å². The lowest BCUT2D eigenvalue weighted by Crippen LogP contribution is -2.40. The number of nitrogens with zero attached hydrogens (tertiary/aromatic N) is 4. The summed E-state index contributed by atoms with van der Waals surface area (Å²) in [6, 6.07) is 0.379. The lowest BCUT2D eigenvalue weighted by Gasteiger charge is -2.30. The molecule has 0 aliphatic rings. The highest BCUT2D eigenvalue weighted by molar-refractivity contribution is 5.37. The Balaban J connectivity index is 2.77. The van der Waals surface area contributed by atoms with E-state index in [-0.39, 0.29) is 6.61 Å². The van der Waals surface area contributed by atoms with Gasteiger partial charge in [0, 0.05) is 19.1 Å². The van der Waals surface area contributed by atoms with Crippen LogP contribution in [0.3, 0.4) is 0 Å². The molecule has 5 heteroatoms. The normalized spacial score (nSPS) is 12.8. The molecule has 0 fully saturated rings. The van der Waals surface area contributed by atoms with Crippen LogP contribution in [0, 0.1) is 0 Å². The molecule has 0 saturated heterocycles. The Bertz CT molecular complexity index is 326. The van der Waals surface area contributed by atoms with E-state index in [1.165, 1.54) is 0 Å². The van der Waals surface area contributed by atoms with Gasteiger partial charge in [-0.15, -0.1) is 0 Å². The Kier molecular flexibility index (Phi) is 5.31. The maximum Gasteiger partial charge on any atom is 0.147 e. The van der Waals surface area contributed by atoms with Gasteiger partial charge in [0.05, 0.1) is 24.7 Å². The monoisotopic (exact) mass is 238 g/mol. The Morgan fingerprint density at radius 1 is 1.29 bits per heavy atom. The minimum Gasteiger partial charge on any atom is -0.390 e. The summed E-state index contributed by atoms with van der Waals surface area (Å²) in [5, 5.41) is 8.93. The van der Waals surface area contributed by atoms with Gasteiger partial charge in [-0.2, -0.15) is 0 Å². The van der Waals surface area contributed by atoms with Gasteiger partial charge < -0.3 is 14.9 Å². The molecule has 1 heterocycles. The number of hydrogen-bond acceptors (Lipinski definition) is 5. The molecule has 1 unspecified atom stereocenters. The molecule has 0 amide bonds. The number of rotatable bonds is 6. The predicted molar refractivity (Wildman–Crippen MR) is 69.0 cm³/mol. The fourth-order valence-corrected chi connectivity index (χ4v) is 1.90. The highest BCUT2D eigenvalue weighted by atomic mass is 16.3. The number of likely N-dealkylation sites (N-methyl/N-ethyl adjacent to an activating group) is 2. The second-order valence-electron chi connectivity index (χ2n) is 4.42. The smallest absolute Gasteiger partial charge is 0.147 e. The van der Waals surface area contributed by atoms with E-state index >= 15 is 0 Å². The van der Waals surface area contributed by atoms with Gasteiger partial charge in [-0.1, -0.05) is 0 Å². The molecule has 5 nitrogen and oxygen atoms in total. The van der Waals surface area contributed by atoms with Gasteiger partial charge in [-0.05, 0) is 27.9 Å². The summed E-state index contributed by atoms with van der Waals surface area (Å²) in [4.78, 5) is 12.9. The molecular weight excluding hydrogens is 216 g/mol. The van der Waals surface area contributed by atoms with Crippen LogP contribution in [0.1, 0.15) is 19.5 Å². The Morgan fingerprint density at radius 2 is 2.00 bits per heavy atom. The van der Waals surface area contributed by atoms with Crippen LogP contribution < -0.4 is 4.90 Å². The molecule has 1 atom stereocenters. The summed E-state index contributed by atoms with van der Waals surface area (Å²) in [5.41, 5.74) is 0.602. The summed E-state index contributed by atoms with van der Waals surface area (Å²) in [7, 11) is 4.12. The van der Waals surface area contributed by atoms with E-state index in [0.29, 0.717) is 11.7 Å². The standard InChI is InChI=1S/C12H22N4O/c1-5-16(10(2)8-15(3)4)12-7-13-11(9-17)6-14-12/h6-7,10,17H,5,8-9H2,1-4H3. The maximum absolute atomic E-state index is 8.93. The van der Waals surface area contributed by atoms with Gasteiger partial charge in [0.15, 0.2) is 0 Å². The van der Waals surface area contributed by atoms with E-state index in [9.17, 15) is 0 Å². The molecule has 0 aromatic carbocycles. The van der Waals surface area contributed by atoms with E-state index in [2.05, 4.69) is 47.7 Å². The number of hydrogen-bond donors (Lipinski definition) is 1. The first-order valence-corrected chi connectivity index (χ1v) is 5.91. The zero-order valence-electron chi connectivity index (χ0n) is 11.1. The van der Waals surface area contributed by atoms with Crippen LogP contribution in [0.2, 0.25) is 0 Å². The zero-order valence-corrected chi connectivity index (χ0v) is 11.1. The first kappa shape index (κ1) is 13.9. The molecule has 1 aromatic rings. The fraction of sp³-hybridized carbons (Fsp3) is 0.667. The van der Waals surface area contributed by atoms with E-state index in [1.807, 2.05) is 0 Å². The molecule has 1 rings (SSSR count). The average Bonchev–Trinajstić information content (AvgIpc) is 2.30. The summed E-state index contributed by atoms with van der Waals surface area (Å²) < 4.78 is 0. The second-order valence-corrected chi connectivity index (χ2v) is 4.42. The molecule has 0 radical (unpaired) electrons. The molecule has 0 saturated carbocycles. The Morgan fingerprint density at radius 3 is 2.41 bits per heavy atom. The predicted octanol–water partition coefficient (Wildman–Crippen LogP) is 0.745. The van der Waals surface area contributed by atoms with Crippen molar-refractivity contribution >= 4 is 5.82 Å². The molecule has 17 heavy (non-hydrogen) atoms. The summed E-state index contributed by atoms with van der Waals surface area (Å²) in [5.74, 6) is 0.860. The van der Waals surface area contributed by atoms with Crippen molar-refractivity contribution in [2.75, 3.05) is 32.1 Å². The van der Waals surface area contributed by atoms with Crippen LogP contribution in [-0.2, 0) is 6.61 Å². The molecule has 1 aromatic heterocycles. The summed E-state index contributed by atoms with van der Waals surface area (Å²) >= 11 is 0. The minimum absolute atomic E-state index is 0.0628. The Labute approximate surface area is 103 Å². The van der Waals surface area contributed by atoms with Crippen molar-refractivity contribution in [2.24, 2.45) is 0 Å². The van der Waals surface area contributed by atoms with Crippen LogP contribution in [0.25, 0.3) is 0 Å². The number of aromatic nitrogens is 2. The third-order valence-corrected chi connectivity index (χ3v) is 2.65. The van der Waals surface area contributed by atoms with Crippen molar-refractivity contribution < 1.29 is 5.11 Å². The van der Waals surface area contributed by atoms with Gasteiger partial charge in [0.25, 0.3) is 0 Å². The quantitative estimate of drug-likeness (QED) is 0.792. The number of aliphatic hydroxyl groups is 1. The minimum atomic E-state index is -0.0628. The van der Waals surface area contributed by atoms with Crippen LogP contribution in [0.5, 0.6) is 0 Å². The van der Waals surface area contributed by atoms with Gasteiger partial charge in [0.2, 0.25) is 0 Å². The van der Waals surface area contributed by atoms with Crippen LogP contribution in [0.15, 0.2) is 12.4 Å². The lowest BCUT2D eigenvalue weighted by atomic mass is 10.2. The third kappa shape index (κ3) is 3.94. The topological polar surface area (TPSA) is 52.5 Å². The van der Waals surface area contributed by atoms with E-state index in [0.717, 1.165) is 18.9 Å². The van der Waals surface area contributed by atoms with Crippen LogP contribution in [0.4, 0.5) is 5.82 Å². The van der Waals surface area contributed by atoms with Gasteiger partial charge in [0.1, 0.15) is 5.82 Å². The number of anilines is 1. The molecule has 96 valence electrons. The molecule has 0 aliphatic heterocycles. The van der Waals surface area contributed by atoms with Gasteiger partial charge in [-0.3, -0.25) is 4.98 Å². The molecule has 0 spiro atoms. The van der Waals surface area contributed by atoms with Crippen LogP contribution >= 0.6 is 0 Å². The van der Waals surface area contributed by atoms with Crippen molar-refractivity contribution in [2.45, 2.75) is 26.5 Å².